The number of nitrogens with zero attached hydrogens (tertiary/aromatic N) is 4. The van der Waals surface area contributed by atoms with Crippen molar-refractivity contribution in [3.05, 3.63) is 33.7 Å². The molecule has 0 spiro atoms. The van der Waals surface area contributed by atoms with Crippen LogP contribution in [0, 0.1) is 29.0 Å². The number of thioether (sulfide) groups is 1. The van der Waals surface area contributed by atoms with Crippen molar-refractivity contribution in [2.75, 3.05) is 26.0 Å². The van der Waals surface area contributed by atoms with E-state index in [0.717, 1.165) is 32.6 Å². The first-order valence-corrected chi connectivity index (χ1v) is 14.6. The van der Waals surface area contributed by atoms with Gasteiger partial charge in [-0.15, -0.1) is 11.8 Å². The molecular weight excluding hydrogens is 543 g/mol. The third-order valence-corrected chi connectivity index (χ3v) is 9.97. The number of nitriles is 1. The summed E-state index contributed by atoms with van der Waals surface area (Å²) in [6.07, 6.45) is 6.42. The first-order valence-electron chi connectivity index (χ1n) is 12.6. The summed E-state index contributed by atoms with van der Waals surface area (Å²) < 4.78 is 24.0. The molecule has 6 nitrogen and oxygen atoms in total. The standard InChI is InChI=1S/C27H28BrFN4O2S/c1-14(32-8-9-35-13-21(32)34)20-12-19-26(33(20)25-16-5-6-17(25)10-16)18-11-15(4-3-7-30)22(28)23(29)24(18)31-27(19)36-2/h11-12,14,16-17,25H,3-6,8-10,13H2,1-2H3/t14-,16-,17+,25?/m1/s1. The lowest BCUT2D eigenvalue weighted by atomic mass is 9.78. The molecule has 9 heteroatoms. The summed E-state index contributed by atoms with van der Waals surface area (Å²) >= 11 is 4.96. The SMILES string of the molecule is CSc1nc2c(F)c(Br)c(CCC#N)cc2c2c1cc([C@@H](C)N1CCOCC1=O)n2C1[C@@H]2CC[C@H]1C2. The average Bonchev–Trinajstić information content (AvgIpc) is 3.61. The Hall–Kier alpha value is -2.15. The summed E-state index contributed by atoms with van der Waals surface area (Å²) in [5, 5.41) is 11.7. The summed E-state index contributed by atoms with van der Waals surface area (Å²) in [5.74, 6) is 0.844. The van der Waals surface area contributed by atoms with E-state index in [1.165, 1.54) is 31.0 Å². The number of benzene rings is 1. The van der Waals surface area contributed by atoms with E-state index < -0.39 is 0 Å². The van der Waals surface area contributed by atoms with Gasteiger partial charge in [0, 0.05) is 35.5 Å². The van der Waals surface area contributed by atoms with Gasteiger partial charge in [-0.2, -0.15) is 5.26 Å². The normalized spacial score (nSPS) is 24.4. The molecule has 1 unspecified atom stereocenters. The van der Waals surface area contributed by atoms with E-state index in [1.54, 1.807) is 0 Å². The molecule has 4 aliphatic rings. The number of morpholine rings is 1. The van der Waals surface area contributed by atoms with Gasteiger partial charge in [-0.3, -0.25) is 4.79 Å². The van der Waals surface area contributed by atoms with Crippen molar-refractivity contribution in [2.45, 2.75) is 56.1 Å². The fraction of sp³-hybridized carbons (Fsp3) is 0.519. The number of carbonyl (C=O) groups is 1. The molecule has 1 aliphatic heterocycles. The smallest absolute Gasteiger partial charge is 0.249 e. The molecule has 36 heavy (non-hydrogen) atoms. The second-order valence-corrected chi connectivity index (χ2v) is 11.8. The van der Waals surface area contributed by atoms with Gasteiger partial charge in [-0.25, -0.2) is 9.37 Å². The van der Waals surface area contributed by atoms with Crippen LogP contribution in [0.5, 0.6) is 0 Å². The number of hydrogen-bond acceptors (Lipinski definition) is 5. The average molecular weight is 572 g/mol. The minimum atomic E-state index is -0.375. The summed E-state index contributed by atoms with van der Waals surface area (Å²) in [6, 6.07) is 6.61. The number of rotatable bonds is 6. The topological polar surface area (TPSA) is 71.2 Å². The Morgan fingerprint density at radius 3 is 2.78 bits per heavy atom. The highest BCUT2D eigenvalue weighted by Gasteiger charge is 2.49. The first kappa shape index (κ1) is 24.2. The lowest BCUT2D eigenvalue weighted by Gasteiger charge is -2.41. The molecule has 3 aromatic rings. The fourth-order valence-corrected chi connectivity index (χ4v) is 7.72. The van der Waals surface area contributed by atoms with Crippen molar-refractivity contribution in [3.8, 4) is 6.07 Å². The van der Waals surface area contributed by atoms with Gasteiger partial charge in [-0.05, 0) is 84.3 Å². The summed E-state index contributed by atoms with van der Waals surface area (Å²) in [7, 11) is 0. The predicted molar refractivity (Wildman–Crippen MR) is 141 cm³/mol. The highest BCUT2D eigenvalue weighted by molar-refractivity contribution is 9.10. The van der Waals surface area contributed by atoms with Crippen LogP contribution in [-0.4, -0.2) is 46.4 Å². The monoisotopic (exact) mass is 570 g/mol. The maximum atomic E-state index is 15.8. The van der Waals surface area contributed by atoms with Crippen molar-refractivity contribution in [2.24, 2.45) is 11.8 Å². The quantitative estimate of drug-likeness (QED) is 0.332. The lowest BCUT2D eigenvalue weighted by Crippen LogP contribution is -2.44. The zero-order valence-electron chi connectivity index (χ0n) is 20.4. The van der Waals surface area contributed by atoms with Crippen molar-refractivity contribution >= 4 is 55.4 Å². The lowest BCUT2D eigenvalue weighted by molar-refractivity contribution is -0.145. The molecule has 0 N–H and O–H groups in total. The molecule has 0 radical (unpaired) electrons. The van der Waals surface area contributed by atoms with E-state index in [9.17, 15) is 4.79 Å². The van der Waals surface area contributed by atoms with Crippen LogP contribution < -0.4 is 0 Å². The van der Waals surface area contributed by atoms with Gasteiger partial charge in [0.25, 0.3) is 0 Å². The maximum absolute atomic E-state index is 15.8. The number of carbonyl (C=O) groups excluding carboxylic acids is 1. The molecule has 3 heterocycles. The zero-order chi connectivity index (χ0) is 25.1. The Bertz CT molecular complexity index is 1420. The van der Waals surface area contributed by atoms with E-state index in [0.29, 0.717) is 53.9 Å². The number of amides is 1. The summed E-state index contributed by atoms with van der Waals surface area (Å²) in [5.41, 5.74) is 3.24. The molecule has 188 valence electrons. The largest absolute Gasteiger partial charge is 0.370 e. The maximum Gasteiger partial charge on any atom is 0.249 e. The number of aryl methyl sites for hydroxylation is 1. The Kier molecular flexibility index (Phi) is 6.25. The van der Waals surface area contributed by atoms with Crippen LogP contribution in [-0.2, 0) is 16.0 Å². The first-order chi connectivity index (χ1) is 17.4. The summed E-state index contributed by atoms with van der Waals surface area (Å²) in [4.78, 5) is 19.5. The van der Waals surface area contributed by atoms with Gasteiger partial charge in [0.15, 0.2) is 5.82 Å². The number of halogens is 2. The number of aromatic nitrogens is 2. The van der Waals surface area contributed by atoms with E-state index >= 15 is 4.39 Å². The second-order valence-electron chi connectivity index (χ2n) is 10.2. The molecule has 3 aliphatic carbocycles. The molecule has 1 saturated heterocycles. The van der Waals surface area contributed by atoms with Crippen LogP contribution in [0.4, 0.5) is 4.39 Å². The van der Waals surface area contributed by atoms with Crippen molar-refractivity contribution in [1.82, 2.24) is 14.5 Å². The Labute approximate surface area is 222 Å². The molecule has 1 amide bonds. The molecule has 2 aromatic heterocycles. The summed E-state index contributed by atoms with van der Waals surface area (Å²) in [6.45, 7) is 3.31. The van der Waals surface area contributed by atoms with E-state index in [4.69, 9.17) is 15.0 Å². The van der Waals surface area contributed by atoms with E-state index in [1.807, 2.05) is 17.2 Å². The Balaban J connectivity index is 1.65. The van der Waals surface area contributed by atoms with Gasteiger partial charge in [0.05, 0.1) is 28.7 Å². The van der Waals surface area contributed by atoms with Crippen LogP contribution in [0.2, 0.25) is 0 Å². The van der Waals surface area contributed by atoms with Crippen LogP contribution in [0.3, 0.4) is 0 Å². The molecule has 3 saturated carbocycles. The highest BCUT2D eigenvalue weighted by atomic mass is 79.9. The Morgan fingerprint density at radius 2 is 2.11 bits per heavy atom. The van der Waals surface area contributed by atoms with Crippen LogP contribution >= 0.6 is 27.7 Å². The third-order valence-electron chi connectivity index (χ3n) is 8.42. The van der Waals surface area contributed by atoms with Crippen molar-refractivity contribution < 1.29 is 13.9 Å². The zero-order valence-corrected chi connectivity index (χ0v) is 22.8. The van der Waals surface area contributed by atoms with E-state index in [2.05, 4.69) is 39.6 Å². The van der Waals surface area contributed by atoms with Crippen LogP contribution in [0.25, 0.3) is 21.8 Å². The van der Waals surface area contributed by atoms with Crippen LogP contribution in [0.1, 0.15) is 55.9 Å². The highest BCUT2D eigenvalue weighted by Crippen LogP contribution is 2.58. The minimum absolute atomic E-state index is 0.00368. The van der Waals surface area contributed by atoms with Gasteiger partial charge >= 0.3 is 0 Å². The van der Waals surface area contributed by atoms with Gasteiger partial charge in [0.2, 0.25) is 5.91 Å². The molecule has 2 bridgehead atoms. The molecule has 4 fully saturated rings. The molecular formula is C27H28BrFN4O2S. The number of pyridine rings is 1. The molecule has 4 atom stereocenters. The number of fused-ring (bicyclic) bond motifs is 4. The fourth-order valence-electron chi connectivity index (χ4n) is 6.66. The minimum Gasteiger partial charge on any atom is -0.370 e. The van der Waals surface area contributed by atoms with Crippen LogP contribution in [0.15, 0.2) is 21.6 Å². The van der Waals surface area contributed by atoms with E-state index in [-0.39, 0.29) is 24.4 Å². The number of hydrogen-bond donors (Lipinski definition) is 0. The van der Waals surface area contributed by atoms with Gasteiger partial charge in [0.1, 0.15) is 17.1 Å². The Morgan fingerprint density at radius 1 is 1.33 bits per heavy atom. The third kappa shape index (κ3) is 3.59. The molecule has 7 rings (SSSR count). The van der Waals surface area contributed by atoms with Crippen molar-refractivity contribution in [1.29, 1.82) is 5.26 Å². The van der Waals surface area contributed by atoms with Gasteiger partial charge in [-0.1, -0.05) is 0 Å². The van der Waals surface area contributed by atoms with Gasteiger partial charge < -0.3 is 14.2 Å². The molecule has 1 aromatic carbocycles. The predicted octanol–water partition coefficient (Wildman–Crippen LogP) is 6.16. The van der Waals surface area contributed by atoms with Crippen molar-refractivity contribution in [3.63, 3.8) is 0 Å². The number of ether oxygens (including phenoxy) is 1. The second kappa shape index (κ2) is 9.30.